The number of carbonyl (C=O) groups excluding carboxylic acids is 1. The fourth-order valence-corrected chi connectivity index (χ4v) is 4.70. The van der Waals surface area contributed by atoms with E-state index in [1.54, 1.807) is 12.3 Å². The highest BCUT2D eigenvalue weighted by atomic mass is 32.1. The summed E-state index contributed by atoms with van der Waals surface area (Å²) in [6, 6.07) is 14.0. The molecule has 3 heterocycles. The molecule has 162 valence electrons. The zero-order valence-corrected chi connectivity index (χ0v) is 18.5. The van der Waals surface area contributed by atoms with Crippen molar-refractivity contribution in [3.8, 4) is 0 Å². The van der Waals surface area contributed by atoms with Gasteiger partial charge in [-0.3, -0.25) is 9.89 Å². The molecule has 5 rings (SSSR count). The second-order valence-corrected chi connectivity index (χ2v) is 9.14. The standard InChI is InChI=1S/C24H23N5O2S/c1-13(2)26-24(31)22-9-15-4-3-14(8-21(15)32-22)20-10-18(11-23(30)28-20)27-17-5-6-19-16(7-17)12-25-29-19/h3-13,23,27-28,30H,1-2H3,(H,25,29)(H,26,31). The molecular formula is C24H23N5O2S. The summed E-state index contributed by atoms with van der Waals surface area (Å²) in [6.45, 7) is 3.89. The number of thiophene rings is 1. The number of allylic oxidation sites excluding steroid dienone is 1. The number of nitrogens with one attached hydrogen (secondary N) is 4. The molecular weight excluding hydrogens is 422 g/mol. The van der Waals surface area contributed by atoms with Crippen molar-refractivity contribution in [1.82, 2.24) is 20.8 Å². The Balaban J connectivity index is 1.42. The second-order valence-electron chi connectivity index (χ2n) is 8.06. The molecule has 0 radical (unpaired) electrons. The molecule has 0 saturated heterocycles. The Kier molecular flexibility index (Phi) is 5.16. The van der Waals surface area contributed by atoms with Crippen LogP contribution in [0.3, 0.4) is 0 Å². The largest absolute Gasteiger partial charge is 0.370 e. The molecule has 7 nitrogen and oxygen atoms in total. The highest BCUT2D eigenvalue weighted by Crippen LogP contribution is 2.30. The van der Waals surface area contributed by atoms with E-state index in [1.165, 1.54) is 11.3 Å². The zero-order valence-electron chi connectivity index (χ0n) is 17.6. The predicted octanol–water partition coefficient (Wildman–Crippen LogP) is 4.17. The number of H-pyrrole nitrogens is 1. The number of dihydropyridines is 1. The van der Waals surface area contributed by atoms with Crippen LogP contribution >= 0.6 is 11.3 Å². The lowest BCUT2D eigenvalue weighted by atomic mass is 10.1. The molecule has 0 aliphatic carbocycles. The van der Waals surface area contributed by atoms with E-state index in [0.717, 1.165) is 43.6 Å². The molecule has 4 aromatic rings. The summed E-state index contributed by atoms with van der Waals surface area (Å²) < 4.78 is 1.02. The van der Waals surface area contributed by atoms with Crippen LogP contribution in [0.15, 0.2) is 66.5 Å². The number of hydrogen-bond donors (Lipinski definition) is 5. The van der Waals surface area contributed by atoms with Gasteiger partial charge in [0.15, 0.2) is 0 Å². The molecule has 2 aromatic carbocycles. The van der Waals surface area contributed by atoms with E-state index < -0.39 is 6.23 Å². The molecule has 0 spiro atoms. The van der Waals surface area contributed by atoms with E-state index in [1.807, 2.05) is 62.4 Å². The number of aliphatic hydroxyl groups excluding tert-OH is 1. The minimum atomic E-state index is -0.818. The number of anilines is 1. The lowest BCUT2D eigenvalue weighted by Crippen LogP contribution is -2.29. The van der Waals surface area contributed by atoms with Crippen molar-refractivity contribution in [2.75, 3.05) is 5.32 Å². The maximum absolute atomic E-state index is 12.4. The van der Waals surface area contributed by atoms with Gasteiger partial charge in [0.25, 0.3) is 5.91 Å². The first kappa shape index (κ1) is 20.3. The highest BCUT2D eigenvalue weighted by molar-refractivity contribution is 7.20. The number of rotatable bonds is 5. The minimum Gasteiger partial charge on any atom is -0.370 e. The van der Waals surface area contributed by atoms with Gasteiger partial charge < -0.3 is 21.1 Å². The Bertz CT molecular complexity index is 1380. The van der Waals surface area contributed by atoms with E-state index in [4.69, 9.17) is 0 Å². The summed E-state index contributed by atoms with van der Waals surface area (Å²) in [5.41, 5.74) is 4.40. The fourth-order valence-electron chi connectivity index (χ4n) is 3.69. The summed E-state index contributed by atoms with van der Waals surface area (Å²) in [4.78, 5) is 13.0. The van der Waals surface area contributed by atoms with Crippen molar-refractivity contribution >= 4 is 49.6 Å². The number of aromatic amines is 1. The van der Waals surface area contributed by atoms with Gasteiger partial charge in [0.05, 0.1) is 16.6 Å². The van der Waals surface area contributed by atoms with Crippen LogP contribution in [0.5, 0.6) is 0 Å². The van der Waals surface area contributed by atoms with Crippen LogP contribution in [0.25, 0.3) is 26.7 Å². The van der Waals surface area contributed by atoms with Gasteiger partial charge in [0.2, 0.25) is 0 Å². The van der Waals surface area contributed by atoms with Gasteiger partial charge in [-0.15, -0.1) is 11.3 Å². The van der Waals surface area contributed by atoms with E-state index in [9.17, 15) is 9.90 Å². The van der Waals surface area contributed by atoms with E-state index >= 15 is 0 Å². The van der Waals surface area contributed by atoms with Crippen LogP contribution in [-0.4, -0.2) is 33.5 Å². The van der Waals surface area contributed by atoms with Crippen LogP contribution in [0, 0.1) is 0 Å². The van der Waals surface area contributed by atoms with Crippen molar-refractivity contribution in [3.05, 3.63) is 77.0 Å². The van der Waals surface area contributed by atoms with Crippen LogP contribution in [-0.2, 0) is 0 Å². The minimum absolute atomic E-state index is 0.0582. The third kappa shape index (κ3) is 4.10. The summed E-state index contributed by atoms with van der Waals surface area (Å²) in [5, 5.41) is 28.8. The molecule has 5 N–H and O–H groups in total. The summed E-state index contributed by atoms with van der Waals surface area (Å²) in [6.07, 6.45) is 4.65. The van der Waals surface area contributed by atoms with Crippen molar-refractivity contribution in [2.45, 2.75) is 26.1 Å². The summed E-state index contributed by atoms with van der Waals surface area (Å²) in [7, 11) is 0. The Hall–Kier alpha value is -3.62. The monoisotopic (exact) mass is 445 g/mol. The van der Waals surface area contributed by atoms with Crippen LogP contribution in [0.4, 0.5) is 5.69 Å². The Morgan fingerprint density at radius 3 is 2.88 bits per heavy atom. The molecule has 8 heteroatoms. The number of nitrogens with zero attached hydrogens (tertiary/aromatic N) is 1. The molecule has 0 bridgehead atoms. The van der Waals surface area contributed by atoms with E-state index in [-0.39, 0.29) is 11.9 Å². The lowest BCUT2D eigenvalue weighted by Gasteiger charge is -2.22. The summed E-state index contributed by atoms with van der Waals surface area (Å²) >= 11 is 1.46. The van der Waals surface area contributed by atoms with Crippen molar-refractivity contribution < 1.29 is 9.90 Å². The third-order valence-electron chi connectivity index (χ3n) is 5.14. The van der Waals surface area contributed by atoms with Gasteiger partial charge in [-0.25, -0.2) is 0 Å². The Morgan fingerprint density at radius 2 is 2.03 bits per heavy atom. The smallest absolute Gasteiger partial charge is 0.261 e. The van der Waals surface area contributed by atoms with E-state index in [2.05, 4.69) is 26.1 Å². The molecule has 1 atom stereocenters. The van der Waals surface area contributed by atoms with Gasteiger partial charge in [0.1, 0.15) is 6.23 Å². The highest BCUT2D eigenvalue weighted by Gasteiger charge is 2.16. The predicted molar refractivity (Wildman–Crippen MR) is 129 cm³/mol. The van der Waals surface area contributed by atoms with Gasteiger partial charge in [-0.05, 0) is 67.3 Å². The van der Waals surface area contributed by atoms with Crippen molar-refractivity contribution in [1.29, 1.82) is 0 Å². The fraction of sp³-hybridized carbons (Fsp3) is 0.167. The second kappa shape index (κ2) is 8.14. The number of aromatic nitrogens is 2. The molecule has 2 aromatic heterocycles. The average Bonchev–Trinajstić information content (AvgIpc) is 3.38. The maximum Gasteiger partial charge on any atom is 0.261 e. The van der Waals surface area contributed by atoms with Crippen molar-refractivity contribution in [2.24, 2.45) is 0 Å². The van der Waals surface area contributed by atoms with Gasteiger partial charge in [0, 0.05) is 33.2 Å². The third-order valence-corrected chi connectivity index (χ3v) is 6.24. The number of hydrogen-bond acceptors (Lipinski definition) is 6. The SMILES string of the molecule is CC(C)NC(=O)c1cc2ccc(C3=CC(Nc4ccc5[nH]ncc5c4)=CC(O)N3)cc2s1. The van der Waals surface area contributed by atoms with Crippen LogP contribution in [0.2, 0.25) is 0 Å². The molecule has 32 heavy (non-hydrogen) atoms. The summed E-state index contributed by atoms with van der Waals surface area (Å²) in [5.74, 6) is -0.0582. The zero-order chi connectivity index (χ0) is 22.2. The Labute approximate surface area is 188 Å². The van der Waals surface area contributed by atoms with Gasteiger partial charge in [-0.2, -0.15) is 5.10 Å². The topological polar surface area (TPSA) is 102 Å². The van der Waals surface area contributed by atoms with Gasteiger partial charge in [-0.1, -0.05) is 12.1 Å². The first-order valence-electron chi connectivity index (χ1n) is 10.4. The molecule has 1 amide bonds. The first-order valence-corrected chi connectivity index (χ1v) is 11.2. The molecule has 1 aliphatic heterocycles. The quantitative estimate of drug-likeness (QED) is 0.317. The average molecular weight is 446 g/mol. The molecule has 0 saturated carbocycles. The lowest BCUT2D eigenvalue weighted by molar-refractivity contribution is 0.0947. The molecule has 1 unspecified atom stereocenters. The molecule has 1 aliphatic rings. The number of aliphatic hydroxyl groups is 1. The van der Waals surface area contributed by atoms with E-state index in [0.29, 0.717) is 4.88 Å². The van der Waals surface area contributed by atoms with Gasteiger partial charge >= 0.3 is 0 Å². The van der Waals surface area contributed by atoms with Crippen LogP contribution < -0.4 is 16.0 Å². The normalized spacial score (nSPS) is 16.1. The maximum atomic E-state index is 12.4. The van der Waals surface area contributed by atoms with Crippen molar-refractivity contribution in [3.63, 3.8) is 0 Å². The number of amides is 1. The number of carbonyl (C=O) groups is 1. The molecule has 0 fully saturated rings. The Morgan fingerprint density at radius 1 is 1.16 bits per heavy atom. The van der Waals surface area contributed by atoms with Crippen LogP contribution in [0.1, 0.15) is 29.1 Å². The number of fused-ring (bicyclic) bond motifs is 2. The first-order chi connectivity index (χ1) is 15.4. The number of benzene rings is 2.